The molecule has 1 saturated carbocycles. The Kier molecular flexibility index (Phi) is 4.91. The monoisotopic (exact) mass is 378 g/mol. The molecular formula is C18H17F3N4O2. The van der Waals surface area contributed by atoms with Crippen LogP contribution in [0.2, 0.25) is 0 Å². The molecule has 0 unspecified atom stereocenters. The average Bonchev–Trinajstić information content (AvgIpc) is 3.12. The summed E-state index contributed by atoms with van der Waals surface area (Å²) in [6.45, 7) is 2.05. The molecule has 27 heavy (non-hydrogen) atoms. The molecule has 3 rings (SSSR count). The van der Waals surface area contributed by atoms with Gasteiger partial charge in [0.15, 0.2) is 0 Å². The molecule has 0 spiro atoms. The summed E-state index contributed by atoms with van der Waals surface area (Å²) in [5.41, 5.74) is -0.305. The van der Waals surface area contributed by atoms with Gasteiger partial charge in [0.2, 0.25) is 5.82 Å². The Morgan fingerprint density at radius 2 is 2.07 bits per heavy atom. The first kappa shape index (κ1) is 18.9. The van der Waals surface area contributed by atoms with Crippen LogP contribution in [0, 0.1) is 17.2 Å². The number of alkyl halides is 3. The second kappa shape index (κ2) is 7.02. The van der Waals surface area contributed by atoms with Crippen molar-refractivity contribution in [3.63, 3.8) is 0 Å². The minimum atomic E-state index is -4.71. The fourth-order valence-electron chi connectivity index (χ4n) is 3.31. The molecule has 142 valence electrons. The largest absolute Gasteiger partial charge is 0.471 e. The molecule has 0 bridgehead atoms. The Morgan fingerprint density at radius 3 is 2.63 bits per heavy atom. The molecule has 0 saturated heterocycles. The van der Waals surface area contributed by atoms with Gasteiger partial charge in [-0.2, -0.15) is 23.4 Å². The zero-order valence-corrected chi connectivity index (χ0v) is 14.5. The number of amides is 1. The standard InChI is InChI=1S/C18H17F3N4O2/c1-11-3-2-8-17(9-11,10-22)24-15(26)13-6-4-12(5-7-13)14-23-16(27-25-14)18(19,20)21/h4-7,11H,2-3,8-9H2,1H3,(H,24,26)/t11-,17-/m1/s1. The first-order valence-corrected chi connectivity index (χ1v) is 8.47. The van der Waals surface area contributed by atoms with Crippen molar-refractivity contribution in [1.29, 1.82) is 5.26 Å². The van der Waals surface area contributed by atoms with E-state index in [-0.39, 0.29) is 11.4 Å². The number of halogens is 3. The number of hydrogen-bond acceptors (Lipinski definition) is 5. The smallest absolute Gasteiger partial charge is 0.334 e. The number of nitrogens with one attached hydrogen (secondary N) is 1. The molecule has 1 fully saturated rings. The van der Waals surface area contributed by atoms with Crippen molar-refractivity contribution in [2.24, 2.45) is 5.92 Å². The highest BCUT2D eigenvalue weighted by Crippen LogP contribution is 2.32. The SMILES string of the molecule is C[C@@H]1CCC[C@@](C#N)(NC(=O)c2ccc(-c3noc(C(F)(F)F)n3)cc2)C1. The van der Waals surface area contributed by atoms with Crippen LogP contribution in [0.5, 0.6) is 0 Å². The zero-order valence-electron chi connectivity index (χ0n) is 14.5. The van der Waals surface area contributed by atoms with Crippen LogP contribution < -0.4 is 5.32 Å². The molecule has 6 nitrogen and oxygen atoms in total. The van der Waals surface area contributed by atoms with Crippen molar-refractivity contribution in [2.75, 3.05) is 0 Å². The molecule has 2 aromatic rings. The highest BCUT2D eigenvalue weighted by atomic mass is 19.4. The van der Waals surface area contributed by atoms with Gasteiger partial charge in [-0.05, 0) is 37.3 Å². The number of nitriles is 1. The van der Waals surface area contributed by atoms with Crippen molar-refractivity contribution < 1.29 is 22.5 Å². The number of carbonyl (C=O) groups excluding carboxylic acids is 1. The van der Waals surface area contributed by atoms with E-state index in [1.54, 1.807) is 0 Å². The Bertz CT molecular complexity index is 870. The highest BCUT2D eigenvalue weighted by molar-refractivity contribution is 5.95. The second-order valence-electron chi connectivity index (χ2n) is 6.85. The zero-order chi connectivity index (χ0) is 19.7. The number of nitrogens with zero attached hydrogens (tertiary/aromatic N) is 3. The summed E-state index contributed by atoms with van der Waals surface area (Å²) in [5, 5.41) is 15.6. The molecule has 1 amide bonds. The predicted octanol–water partition coefficient (Wildman–Crippen LogP) is 3.96. The van der Waals surface area contributed by atoms with Crippen molar-refractivity contribution in [3.05, 3.63) is 35.7 Å². The van der Waals surface area contributed by atoms with E-state index in [1.165, 1.54) is 24.3 Å². The first-order valence-electron chi connectivity index (χ1n) is 8.47. The normalized spacial score (nSPS) is 22.9. The Labute approximate surface area is 153 Å². The van der Waals surface area contributed by atoms with Crippen LogP contribution in [-0.4, -0.2) is 21.6 Å². The van der Waals surface area contributed by atoms with Gasteiger partial charge in [0.25, 0.3) is 5.91 Å². The third-order valence-corrected chi connectivity index (χ3v) is 4.64. The molecular weight excluding hydrogens is 361 g/mol. The summed E-state index contributed by atoms with van der Waals surface area (Å²) in [5.74, 6) is -1.70. The van der Waals surface area contributed by atoms with Gasteiger partial charge in [-0.1, -0.05) is 30.6 Å². The van der Waals surface area contributed by atoms with Crippen LogP contribution in [0.15, 0.2) is 28.8 Å². The number of hydrogen-bond donors (Lipinski definition) is 1. The van der Waals surface area contributed by atoms with Gasteiger partial charge < -0.3 is 9.84 Å². The van der Waals surface area contributed by atoms with E-state index in [2.05, 4.69) is 26.0 Å². The minimum Gasteiger partial charge on any atom is -0.334 e. The Hall–Kier alpha value is -2.89. The maximum Gasteiger partial charge on any atom is 0.471 e. The Balaban J connectivity index is 1.74. The summed E-state index contributed by atoms with van der Waals surface area (Å²) in [7, 11) is 0. The predicted molar refractivity (Wildman–Crippen MR) is 88.2 cm³/mol. The molecule has 1 aromatic carbocycles. The molecule has 0 aliphatic heterocycles. The lowest BCUT2D eigenvalue weighted by molar-refractivity contribution is -0.159. The molecule has 0 radical (unpaired) electrons. The maximum atomic E-state index is 12.5. The number of rotatable bonds is 3. The maximum absolute atomic E-state index is 12.5. The summed E-state index contributed by atoms with van der Waals surface area (Å²) in [6, 6.07) is 8.00. The number of aromatic nitrogens is 2. The van der Waals surface area contributed by atoms with Crippen LogP contribution in [0.25, 0.3) is 11.4 Å². The summed E-state index contributed by atoms with van der Waals surface area (Å²) >= 11 is 0. The molecule has 1 aliphatic carbocycles. The van der Waals surface area contributed by atoms with E-state index in [1.807, 2.05) is 6.92 Å². The van der Waals surface area contributed by atoms with E-state index in [0.717, 1.165) is 12.8 Å². The van der Waals surface area contributed by atoms with Crippen LogP contribution in [0.3, 0.4) is 0 Å². The lowest BCUT2D eigenvalue weighted by Crippen LogP contribution is -2.50. The fraction of sp³-hybridized carbons (Fsp3) is 0.444. The minimum absolute atomic E-state index is 0.219. The van der Waals surface area contributed by atoms with Gasteiger partial charge in [0.05, 0.1) is 6.07 Å². The molecule has 2 atom stereocenters. The van der Waals surface area contributed by atoms with Gasteiger partial charge in [-0.3, -0.25) is 4.79 Å². The lowest BCUT2D eigenvalue weighted by atomic mass is 9.77. The average molecular weight is 378 g/mol. The third kappa shape index (κ3) is 4.10. The summed E-state index contributed by atoms with van der Waals surface area (Å²) < 4.78 is 41.8. The number of carbonyl (C=O) groups is 1. The van der Waals surface area contributed by atoms with E-state index >= 15 is 0 Å². The van der Waals surface area contributed by atoms with E-state index in [0.29, 0.717) is 24.3 Å². The van der Waals surface area contributed by atoms with Crippen molar-refractivity contribution in [3.8, 4) is 17.5 Å². The third-order valence-electron chi connectivity index (χ3n) is 4.64. The fourth-order valence-corrected chi connectivity index (χ4v) is 3.31. The second-order valence-corrected chi connectivity index (χ2v) is 6.85. The van der Waals surface area contributed by atoms with Crippen molar-refractivity contribution >= 4 is 5.91 Å². The summed E-state index contributed by atoms with van der Waals surface area (Å²) in [6.07, 6.45) is -1.63. The van der Waals surface area contributed by atoms with E-state index in [4.69, 9.17) is 0 Å². The van der Waals surface area contributed by atoms with Crippen LogP contribution in [0.1, 0.15) is 48.9 Å². The van der Waals surface area contributed by atoms with Crippen LogP contribution >= 0.6 is 0 Å². The van der Waals surface area contributed by atoms with E-state index < -0.39 is 23.5 Å². The quantitative estimate of drug-likeness (QED) is 0.873. The topological polar surface area (TPSA) is 91.8 Å². The van der Waals surface area contributed by atoms with Crippen LogP contribution in [-0.2, 0) is 6.18 Å². The summed E-state index contributed by atoms with van der Waals surface area (Å²) in [4.78, 5) is 15.8. The van der Waals surface area contributed by atoms with Crippen molar-refractivity contribution in [1.82, 2.24) is 15.5 Å². The molecule has 1 N–H and O–H groups in total. The van der Waals surface area contributed by atoms with Crippen molar-refractivity contribution in [2.45, 2.75) is 44.3 Å². The lowest BCUT2D eigenvalue weighted by Gasteiger charge is -2.35. The molecule has 9 heteroatoms. The Morgan fingerprint density at radius 1 is 1.37 bits per heavy atom. The molecule has 1 heterocycles. The first-order chi connectivity index (χ1) is 12.7. The molecule has 1 aromatic heterocycles. The highest BCUT2D eigenvalue weighted by Gasteiger charge is 2.39. The van der Waals surface area contributed by atoms with Gasteiger partial charge in [-0.15, -0.1) is 0 Å². The van der Waals surface area contributed by atoms with Gasteiger partial charge >= 0.3 is 12.1 Å². The van der Waals surface area contributed by atoms with Gasteiger partial charge in [-0.25, -0.2) is 0 Å². The van der Waals surface area contributed by atoms with Crippen LogP contribution in [0.4, 0.5) is 13.2 Å². The molecule has 1 aliphatic rings. The van der Waals surface area contributed by atoms with E-state index in [9.17, 15) is 23.2 Å². The van der Waals surface area contributed by atoms with Gasteiger partial charge in [0, 0.05) is 11.1 Å². The number of benzene rings is 1. The van der Waals surface area contributed by atoms with Gasteiger partial charge in [0.1, 0.15) is 5.54 Å².